The van der Waals surface area contributed by atoms with Crippen LogP contribution in [0.15, 0.2) is 10.7 Å². The number of ketones is 2. The van der Waals surface area contributed by atoms with Crippen LogP contribution in [0.4, 0.5) is 0 Å². The first-order valence-electron chi connectivity index (χ1n) is 6.64. The van der Waals surface area contributed by atoms with Crippen LogP contribution >= 0.6 is 0 Å². The molecule has 0 amide bonds. The molecule has 2 aliphatic rings. The molecule has 0 aromatic carbocycles. The number of fused-ring (bicyclic) bond motifs is 2. The van der Waals surface area contributed by atoms with E-state index in [0.717, 1.165) is 5.56 Å². The molecule has 3 unspecified atom stereocenters. The topological polar surface area (TPSA) is 67.5 Å². The van der Waals surface area contributed by atoms with E-state index >= 15 is 0 Å². The maximum Gasteiger partial charge on any atom is 0.173 e. The van der Waals surface area contributed by atoms with Crippen molar-refractivity contribution >= 4 is 11.6 Å². The van der Waals surface area contributed by atoms with Gasteiger partial charge in [-0.25, -0.2) is 0 Å². The Morgan fingerprint density at radius 2 is 2.05 bits per heavy atom. The van der Waals surface area contributed by atoms with Gasteiger partial charge in [0.05, 0.1) is 23.3 Å². The smallest absolute Gasteiger partial charge is 0.173 e. The van der Waals surface area contributed by atoms with Crippen LogP contribution in [0.25, 0.3) is 0 Å². The highest BCUT2D eigenvalue weighted by molar-refractivity contribution is 6.06. The molecule has 1 aromatic rings. The van der Waals surface area contributed by atoms with Gasteiger partial charge in [-0.05, 0) is 25.8 Å². The highest BCUT2D eigenvalue weighted by atomic mass is 16.3. The lowest BCUT2D eigenvalue weighted by Crippen LogP contribution is -2.59. The third-order valence-electron chi connectivity index (χ3n) is 4.84. The Morgan fingerprint density at radius 3 is 2.74 bits per heavy atom. The lowest BCUT2D eigenvalue weighted by molar-refractivity contribution is -0.147. The molecule has 3 rings (SSSR count). The van der Waals surface area contributed by atoms with Crippen LogP contribution in [0.3, 0.4) is 0 Å². The first-order chi connectivity index (χ1) is 8.77. The van der Waals surface area contributed by atoms with E-state index in [2.05, 4.69) is 0 Å². The van der Waals surface area contributed by atoms with E-state index in [4.69, 9.17) is 4.42 Å². The summed E-state index contributed by atoms with van der Waals surface area (Å²) >= 11 is 0. The normalized spacial score (nSPS) is 38.0. The van der Waals surface area contributed by atoms with Gasteiger partial charge in [-0.1, -0.05) is 6.92 Å². The van der Waals surface area contributed by atoms with Gasteiger partial charge in [0.25, 0.3) is 0 Å². The van der Waals surface area contributed by atoms with E-state index < -0.39 is 16.9 Å². The fraction of sp³-hybridized carbons (Fsp3) is 0.600. The molecule has 0 bridgehead atoms. The summed E-state index contributed by atoms with van der Waals surface area (Å²) in [4.78, 5) is 25.0. The predicted octanol–water partition coefficient (Wildman–Crippen LogP) is 2.06. The number of Topliss-reactive ketones (excluding diaryl/α,β-unsaturated/α-hetero) is 2. The largest absolute Gasteiger partial charge is 0.468 e. The summed E-state index contributed by atoms with van der Waals surface area (Å²) in [7, 11) is 0. The molecular formula is C15H18O4. The van der Waals surface area contributed by atoms with Crippen LogP contribution < -0.4 is 0 Å². The van der Waals surface area contributed by atoms with E-state index in [1.54, 1.807) is 20.1 Å². The summed E-state index contributed by atoms with van der Waals surface area (Å²) in [5.74, 6) is -0.164. The van der Waals surface area contributed by atoms with Gasteiger partial charge in [-0.3, -0.25) is 9.59 Å². The van der Waals surface area contributed by atoms with Crippen LogP contribution in [-0.2, 0) is 11.2 Å². The SMILES string of the molecule is Cc1coc2c1C(=O)C1C(C)(O)CCC(=O)C1(C)C2. The van der Waals surface area contributed by atoms with Crippen molar-refractivity contribution in [3.63, 3.8) is 0 Å². The van der Waals surface area contributed by atoms with Crippen molar-refractivity contribution in [1.82, 2.24) is 0 Å². The van der Waals surface area contributed by atoms with Gasteiger partial charge < -0.3 is 9.52 Å². The van der Waals surface area contributed by atoms with Gasteiger partial charge in [-0.2, -0.15) is 0 Å². The first kappa shape index (κ1) is 12.6. The zero-order chi connectivity index (χ0) is 14.0. The number of carbonyl (C=O) groups excluding carboxylic acids is 2. The lowest BCUT2D eigenvalue weighted by Gasteiger charge is -2.49. The van der Waals surface area contributed by atoms with E-state index in [9.17, 15) is 14.7 Å². The van der Waals surface area contributed by atoms with E-state index in [0.29, 0.717) is 30.6 Å². The third-order valence-corrected chi connectivity index (χ3v) is 4.84. The summed E-state index contributed by atoms with van der Waals surface area (Å²) in [6.45, 7) is 5.27. The molecular weight excluding hydrogens is 244 g/mol. The molecule has 4 nitrogen and oxygen atoms in total. The monoisotopic (exact) mass is 262 g/mol. The van der Waals surface area contributed by atoms with Crippen molar-refractivity contribution in [1.29, 1.82) is 0 Å². The van der Waals surface area contributed by atoms with Gasteiger partial charge in [0.2, 0.25) is 0 Å². The summed E-state index contributed by atoms with van der Waals surface area (Å²) in [5, 5.41) is 10.6. The molecule has 0 saturated heterocycles. The Morgan fingerprint density at radius 1 is 1.37 bits per heavy atom. The average molecular weight is 262 g/mol. The molecule has 1 N–H and O–H groups in total. The van der Waals surface area contributed by atoms with Gasteiger partial charge in [-0.15, -0.1) is 0 Å². The Kier molecular flexibility index (Phi) is 2.37. The molecule has 1 aromatic heterocycles. The highest BCUT2D eigenvalue weighted by Gasteiger charge is 2.59. The van der Waals surface area contributed by atoms with Crippen molar-refractivity contribution in [2.75, 3.05) is 0 Å². The van der Waals surface area contributed by atoms with E-state index in [1.165, 1.54) is 0 Å². The number of furan rings is 1. The number of rotatable bonds is 0. The van der Waals surface area contributed by atoms with Crippen molar-refractivity contribution in [2.24, 2.45) is 11.3 Å². The standard InChI is InChI=1S/C15H18O4/c1-8-7-19-9-6-14(2)10(16)4-5-15(3,18)13(14)12(17)11(8)9/h7,13,18H,4-6H2,1-3H3. The zero-order valence-electron chi connectivity index (χ0n) is 11.4. The molecule has 102 valence electrons. The molecule has 1 saturated carbocycles. The van der Waals surface area contributed by atoms with Crippen LogP contribution in [0, 0.1) is 18.3 Å². The Labute approximate surface area is 111 Å². The van der Waals surface area contributed by atoms with Crippen molar-refractivity contribution in [3.05, 3.63) is 23.2 Å². The predicted molar refractivity (Wildman–Crippen MR) is 67.9 cm³/mol. The third kappa shape index (κ3) is 1.49. The second-order valence-corrected chi connectivity index (χ2v) is 6.39. The summed E-state index contributed by atoms with van der Waals surface area (Å²) in [6.07, 6.45) is 2.64. The second-order valence-electron chi connectivity index (χ2n) is 6.39. The molecule has 0 aliphatic heterocycles. The van der Waals surface area contributed by atoms with Crippen molar-refractivity contribution in [3.8, 4) is 0 Å². The fourth-order valence-corrected chi connectivity index (χ4v) is 3.85. The maximum atomic E-state index is 12.7. The number of carbonyl (C=O) groups is 2. The number of aryl methyl sites for hydroxylation is 1. The Hall–Kier alpha value is -1.42. The van der Waals surface area contributed by atoms with Gasteiger partial charge in [0.1, 0.15) is 11.5 Å². The van der Waals surface area contributed by atoms with Crippen LogP contribution in [0.2, 0.25) is 0 Å². The van der Waals surface area contributed by atoms with Gasteiger partial charge in [0.15, 0.2) is 5.78 Å². The molecule has 0 radical (unpaired) electrons. The van der Waals surface area contributed by atoms with Crippen LogP contribution in [0.1, 0.15) is 48.4 Å². The molecule has 2 aliphatic carbocycles. The molecule has 1 heterocycles. The number of aliphatic hydroxyl groups is 1. The Balaban J connectivity index is 2.21. The number of hydrogen-bond acceptors (Lipinski definition) is 4. The van der Waals surface area contributed by atoms with E-state index in [1.807, 2.05) is 6.92 Å². The molecule has 4 heteroatoms. The molecule has 0 spiro atoms. The van der Waals surface area contributed by atoms with Crippen molar-refractivity contribution in [2.45, 2.75) is 45.6 Å². The summed E-state index contributed by atoms with van der Waals surface area (Å²) < 4.78 is 5.43. The van der Waals surface area contributed by atoms with Crippen LogP contribution in [-0.4, -0.2) is 22.3 Å². The zero-order valence-corrected chi connectivity index (χ0v) is 11.4. The highest BCUT2D eigenvalue weighted by Crippen LogP contribution is 2.51. The van der Waals surface area contributed by atoms with Crippen LogP contribution in [0.5, 0.6) is 0 Å². The Bertz CT molecular complexity index is 581. The molecule has 1 fully saturated rings. The summed E-state index contributed by atoms with van der Waals surface area (Å²) in [5.41, 5.74) is -0.606. The minimum Gasteiger partial charge on any atom is -0.468 e. The molecule has 3 atom stereocenters. The van der Waals surface area contributed by atoms with Crippen molar-refractivity contribution < 1.29 is 19.1 Å². The average Bonchev–Trinajstić information content (AvgIpc) is 2.65. The van der Waals surface area contributed by atoms with Gasteiger partial charge in [0, 0.05) is 18.3 Å². The molecule has 19 heavy (non-hydrogen) atoms. The number of hydrogen-bond donors (Lipinski definition) is 1. The first-order valence-corrected chi connectivity index (χ1v) is 6.64. The second kappa shape index (κ2) is 3.57. The quantitative estimate of drug-likeness (QED) is 0.777. The fourth-order valence-electron chi connectivity index (χ4n) is 3.85. The van der Waals surface area contributed by atoms with Gasteiger partial charge >= 0.3 is 0 Å². The minimum absolute atomic E-state index is 0.0529. The maximum absolute atomic E-state index is 12.7. The minimum atomic E-state index is -1.12. The van der Waals surface area contributed by atoms with E-state index in [-0.39, 0.29) is 11.6 Å². The summed E-state index contributed by atoms with van der Waals surface area (Å²) in [6, 6.07) is 0. The lowest BCUT2D eigenvalue weighted by atomic mass is 9.54.